The molecular weight excluding hydrogens is 423 g/mol. The molecule has 5 nitrogen and oxygen atoms in total. The molecule has 2 aromatic carbocycles. The van der Waals surface area contributed by atoms with Crippen LogP contribution in [0.15, 0.2) is 36.4 Å². The molecule has 1 aliphatic rings. The maximum Gasteiger partial charge on any atom is 0.156 e. The molecule has 0 saturated carbocycles. The van der Waals surface area contributed by atoms with Gasteiger partial charge in [0.1, 0.15) is 25.2 Å². The van der Waals surface area contributed by atoms with Crippen molar-refractivity contribution in [1.82, 2.24) is 4.90 Å². The molecule has 1 aliphatic heterocycles. The third kappa shape index (κ3) is 6.11. The number of likely N-dealkylation sites (tertiary alicyclic amines) is 1. The Bertz CT molecular complexity index is 822. The van der Waals surface area contributed by atoms with Crippen LogP contribution in [0.5, 0.6) is 11.5 Å². The zero-order chi connectivity index (χ0) is 21.5. The molecular formula is C23H28Cl2N2O3. The Balaban J connectivity index is 1.47. The van der Waals surface area contributed by atoms with Crippen molar-refractivity contribution in [2.24, 2.45) is 5.73 Å². The highest BCUT2D eigenvalue weighted by molar-refractivity contribution is 6.37. The SMILES string of the molecule is Cc1cc(Cl)c(OCCOc2ccc(CC3C(N)CCN3CCC=O)cc2)c(Cl)c1. The molecule has 2 aromatic rings. The summed E-state index contributed by atoms with van der Waals surface area (Å²) in [7, 11) is 0. The average molecular weight is 451 g/mol. The Hall–Kier alpha value is -1.79. The van der Waals surface area contributed by atoms with E-state index >= 15 is 0 Å². The Morgan fingerprint density at radius 3 is 2.47 bits per heavy atom. The molecule has 1 fully saturated rings. The van der Waals surface area contributed by atoms with E-state index in [1.807, 2.05) is 31.2 Å². The minimum Gasteiger partial charge on any atom is -0.490 e. The van der Waals surface area contributed by atoms with Crippen LogP contribution in [0.4, 0.5) is 0 Å². The van der Waals surface area contributed by atoms with Gasteiger partial charge in [-0.3, -0.25) is 4.90 Å². The average Bonchev–Trinajstić information content (AvgIpc) is 3.05. The van der Waals surface area contributed by atoms with Gasteiger partial charge in [-0.2, -0.15) is 0 Å². The van der Waals surface area contributed by atoms with Crippen LogP contribution in [0.3, 0.4) is 0 Å². The molecule has 2 N–H and O–H groups in total. The molecule has 2 atom stereocenters. The van der Waals surface area contributed by atoms with Crippen molar-refractivity contribution in [3.8, 4) is 11.5 Å². The molecule has 162 valence electrons. The summed E-state index contributed by atoms with van der Waals surface area (Å²) in [4.78, 5) is 13.0. The first-order chi connectivity index (χ1) is 14.5. The minimum atomic E-state index is 0.144. The van der Waals surface area contributed by atoms with Crippen LogP contribution in [-0.2, 0) is 11.2 Å². The molecule has 0 aromatic heterocycles. The lowest BCUT2D eigenvalue weighted by molar-refractivity contribution is -0.108. The van der Waals surface area contributed by atoms with E-state index in [1.54, 1.807) is 0 Å². The van der Waals surface area contributed by atoms with Crippen molar-refractivity contribution in [3.05, 3.63) is 57.6 Å². The summed E-state index contributed by atoms with van der Waals surface area (Å²) in [6.07, 6.45) is 3.36. The number of carbonyl (C=O) groups is 1. The highest BCUT2D eigenvalue weighted by Crippen LogP contribution is 2.34. The summed E-state index contributed by atoms with van der Waals surface area (Å²) < 4.78 is 11.4. The third-order valence-electron chi connectivity index (χ3n) is 5.36. The Labute approximate surface area is 188 Å². The maximum atomic E-state index is 10.7. The quantitative estimate of drug-likeness (QED) is 0.431. The lowest BCUT2D eigenvalue weighted by Crippen LogP contribution is -2.41. The van der Waals surface area contributed by atoms with Crippen molar-refractivity contribution in [2.45, 2.75) is 38.3 Å². The van der Waals surface area contributed by atoms with Gasteiger partial charge < -0.3 is 20.0 Å². The number of rotatable bonds is 10. The van der Waals surface area contributed by atoms with E-state index in [1.165, 1.54) is 5.56 Å². The van der Waals surface area contributed by atoms with Crippen molar-refractivity contribution in [2.75, 3.05) is 26.3 Å². The summed E-state index contributed by atoms with van der Waals surface area (Å²) in [5, 5.41) is 0.994. The summed E-state index contributed by atoms with van der Waals surface area (Å²) in [5.74, 6) is 1.26. The van der Waals surface area contributed by atoms with E-state index in [0.717, 1.165) is 43.5 Å². The first kappa shape index (κ1) is 22.9. The summed E-state index contributed by atoms with van der Waals surface area (Å²) >= 11 is 12.4. The van der Waals surface area contributed by atoms with Crippen molar-refractivity contribution in [1.29, 1.82) is 0 Å². The van der Waals surface area contributed by atoms with E-state index in [4.69, 9.17) is 38.4 Å². The van der Waals surface area contributed by atoms with Gasteiger partial charge in [-0.25, -0.2) is 0 Å². The van der Waals surface area contributed by atoms with Crippen LogP contribution in [0.1, 0.15) is 24.0 Å². The standard InChI is InChI=1S/C23H28Cl2N2O3/c1-16-13-19(24)23(20(25)14-16)30-12-11-29-18-5-3-17(4-6-18)15-22-21(26)7-9-27(22)8-2-10-28/h3-6,10,13-14,21-22H,2,7-9,11-12,15,26H2,1H3. The number of ether oxygens (including phenoxy) is 2. The van der Waals surface area contributed by atoms with Gasteiger partial charge in [-0.15, -0.1) is 0 Å². The van der Waals surface area contributed by atoms with Gasteiger partial charge in [0, 0.05) is 31.6 Å². The number of halogens is 2. The summed E-state index contributed by atoms with van der Waals surface area (Å²) in [6, 6.07) is 12.1. The second-order valence-electron chi connectivity index (χ2n) is 7.61. The second kappa shape index (κ2) is 11.0. The number of benzene rings is 2. The molecule has 2 unspecified atom stereocenters. The van der Waals surface area contributed by atoms with Crippen LogP contribution >= 0.6 is 23.2 Å². The van der Waals surface area contributed by atoms with Gasteiger partial charge in [0.15, 0.2) is 5.75 Å². The van der Waals surface area contributed by atoms with Crippen LogP contribution in [0, 0.1) is 6.92 Å². The molecule has 0 amide bonds. The highest BCUT2D eigenvalue weighted by Gasteiger charge is 2.31. The lowest BCUT2D eigenvalue weighted by Gasteiger charge is -2.26. The normalized spacial score (nSPS) is 19.1. The van der Waals surface area contributed by atoms with Gasteiger partial charge in [-0.1, -0.05) is 35.3 Å². The fourth-order valence-corrected chi connectivity index (χ4v) is 4.52. The molecule has 7 heteroatoms. The third-order valence-corrected chi connectivity index (χ3v) is 5.92. The zero-order valence-electron chi connectivity index (χ0n) is 17.2. The topological polar surface area (TPSA) is 64.8 Å². The van der Waals surface area contributed by atoms with E-state index < -0.39 is 0 Å². The van der Waals surface area contributed by atoms with Gasteiger partial charge >= 0.3 is 0 Å². The van der Waals surface area contributed by atoms with E-state index in [9.17, 15) is 4.79 Å². The monoisotopic (exact) mass is 450 g/mol. The van der Waals surface area contributed by atoms with Gasteiger partial charge in [-0.05, 0) is 55.2 Å². The van der Waals surface area contributed by atoms with E-state index in [-0.39, 0.29) is 12.1 Å². The number of nitrogens with two attached hydrogens (primary N) is 1. The van der Waals surface area contributed by atoms with Crippen molar-refractivity contribution in [3.63, 3.8) is 0 Å². The highest BCUT2D eigenvalue weighted by atomic mass is 35.5. The number of carbonyl (C=O) groups excluding carboxylic acids is 1. The largest absolute Gasteiger partial charge is 0.490 e. The van der Waals surface area contributed by atoms with Crippen LogP contribution in [-0.4, -0.2) is 49.6 Å². The molecule has 0 spiro atoms. The molecule has 30 heavy (non-hydrogen) atoms. The minimum absolute atomic E-state index is 0.144. The van der Waals surface area contributed by atoms with Gasteiger partial charge in [0.25, 0.3) is 0 Å². The fourth-order valence-electron chi connectivity index (χ4n) is 3.81. The Morgan fingerprint density at radius 2 is 1.80 bits per heavy atom. The van der Waals surface area contributed by atoms with Gasteiger partial charge in [0.2, 0.25) is 0 Å². The van der Waals surface area contributed by atoms with Crippen LogP contribution < -0.4 is 15.2 Å². The molecule has 1 heterocycles. The first-order valence-electron chi connectivity index (χ1n) is 10.2. The first-order valence-corrected chi connectivity index (χ1v) is 11.0. The lowest BCUT2D eigenvalue weighted by atomic mass is 10.0. The second-order valence-corrected chi connectivity index (χ2v) is 8.43. The van der Waals surface area contributed by atoms with Crippen molar-refractivity contribution >= 4 is 29.5 Å². The Kier molecular flexibility index (Phi) is 8.40. The summed E-state index contributed by atoms with van der Waals surface area (Å²) in [6.45, 7) is 4.38. The molecule has 0 aliphatic carbocycles. The number of aryl methyl sites for hydroxylation is 1. The van der Waals surface area contributed by atoms with Crippen molar-refractivity contribution < 1.29 is 14.3 Å². The number of hydrogen-bond donors (Lipinski definition) is 1. The predicted octanol–water partition coefficient (Wildman–Crippen LogP) is 4.29. The van der Waals surface area contributed by atoms with Crippen LogP contribution in [0.2, 0.25) is 10.0 Å². The smallest absolute Gasteiger partial charge is 0.156 e. The number of aldehydes is 1. The molecule has 0 bridgehead atoms. The van der Waals surface area contributed by atoms with Crippen LogP contribution in [0.25, 0.3) is 0 Å². The van der Waals surface area contributed by atoms with Gasteiger partial charge in [0.05, 0.1) is 10.0 Å². The molecule has 0 radical (unpaired) electrons. The summed E-state index contributed by atoms with van der Waals surface area (Å²) in [5.41, 5.74) is 8.48. The fraction of sp³-hybridized carbons (Fsp3) is 0.435. The Morgan fingerprint density at radius 1 is 1.13 bits per heavy atom. The number of nitrogens with zero attached hydrogens (tertiary/aromatic N) is 1. The van der Waals surface area contributed by atoms with E-state index in [0.29, 0.717) is 35.4 Å². The zero-order valence-corrected chi connectivity index (χ0v) is 18.7. The molecule has 1 saturated heterocycles. The van der Waals surface area contributed by atoms with E-state index in [2.05, 4.69) is 17.0 Å². The number of hydrogen-bond acceptors (Lipinski definition) is 5. The predicted molar refractivity (Wildman–Crippen MR) is 121 cm³/mol. The maximum absolute atomic E-state index is 10.7. The molecule has 3 rings (SSSR count).